The first-order chi connectivity index (χ1) is 9.63. The van der Waals surface area contributed by atoms with Crippen LogP contribution in [-0.4, -0.2) is 37.7 Å². The van der Waals surface area contributed by atoms with Gasteiger partial charge >= 0.3 is 6.03 Å². The average Bonchev–Trinajstić information content (AvgIpc) is 2.39. The highest BCUT2D eigenvalue weighted by atomic mass is 16.5. The number of primary amides is 1. The minimum atomic E-state index is -0.643. The van der Waals surface area contributed by atoms with Crippen LogP contribution in [0.1, 0.15) is 6.42 Å². The van der Waals surface area contributed by atoms with Gasteiger partial charge in [-0.15, -0.1) is 0 Å². The Morgan fingerprint density at radius 2 is 2.10 bits per heavy atom. The third kappa shape index (κ3) is 4.52. The maximum absolute atomic E-state index is 11.9. The van der Waals surface area contributed by atoms with Crippen LogP contribution in [0.15, 0.2) is 24.3 Å². The molecule has 1 heterocycles. The first-order valence-electron chi connectivity index (χ1n) is 6.42. The fourth-order valence-electron chi connectivity index (χ4n) is 1.99. The van der Waals surface area contributed by atoms with Crippen molar-refractivity contribution in [3.8, 4) is 0 Å². The van der Waals surface area contributed by atoms with Gasteiger partial charge in [-0.2, -0.15) is 0 Å². The molecule has 1 aromatic carbocycles. The first-order valence-corrected chi connectivity index (χ1v) is 6.42. The number of hydrogen-bond donors (Lipinski definition) is 4. The molecule has 1 aromatic rings. The summed E-state index contributed by atoms with van der Waals surface area (Å²) in [6.07, 6.45) is 0.191. The lowest BCUT2D eigenvalue weighted by atomic mass is 10.2. The van der Waals surface area contributed by atoms with Crippen LogP contribution in [-0.2, 0) is 9.53 Å². The number of morpholine rings is 1. The van der Waals surface area contributed by atoms with Gasteiger partial charge in [0.25, 0.3) is 0 Å². The molecule has 1 atom stereocenters. The van der Waals surface area contributed by atoms with E-state index < -0.39 is 6.03 Å². The number of rotatable bonds is 4. The monoisotopic (exact) mass is 278 g/mol. The molecule has 1 saturated heterocycles. The zero-order valence-corrected chi connectivity index (χ0v) is 11.0. The zero-order valence-electron chi connectivity index (χ0n) is 11.0. The number of benzene rings is 1. The molecule has 1 aliphatic rings. The molecule has 7 nitrogen and oxygen atoms in total. The Bertz CT molecular complexity index is 486. The molecule has 1 fully saturated rings. The molecule has 0 bridgehead atoms. The Morgan fingerprint density at radius 3 is 2.75 bits per heavy atom. The van der Waals surface area contributed by atoms with E-state index in [2.05, 4.69) is 16.0 Å². The highest BCUT2D eigenvalue weighted by Gasteiger charge is 2.17. The number of nitrogens with one attached hydrogen (secondary N) is 3. The van der Waals surface area contributed by atoms with Crippen molar-refractivity contribution >= 4 is 23.3 Å². The van der Waals surface area contributed by atoms with Gasteiger partial charge in [0.15, 0.2) is 0 Å². The van der Waals surface area contributed by atoms with E-state index in [-0.39, 0.29) is 12.0 Å². The van der Waals surface area contributed by atoms with E-state index in [0.717, 1.165) is 6.54 Å². The number of hydrogen-bond acceptors (Lipinski definition) is 4. The van der Waals surface area contributed by atoms with Crippen molar-refractivity contribution < 1.29 is 14.3 Å². The molecule has 0 aromatic heterocycles. The molecule has 0 spiro atoms. The summed E-state index contributed by atoms with van der Waals surface area (Å²) in [6, 6.07) is 6.15. The second-order valence-electron chi connectivity index (χ2n) is 4.52. The van der Waals surface area contributed by atoms with Crippen LogP contribution in [0.2, 0.25) is 0 Å². The third-order valence-corrected chi connectivity index (χ3v) is 2.83. The summed E-state index contributed by atoms with van der Waals surface area (Å²) in [5, 5.41) is 8.39. The SMILES string of the molecule is NC(=O)Nc1cccc(NC(=O)CC2CNCCO2)c1. The van der Waals surface area contributed by atoms with Crippen LogP contribution in [0.25, 0.3) is 0 Å². The predicted octanol–water partition coefficient (Wildman–Crippen LogP) is 0.494. The van der Waals surface area contributed by atoms with Crippen molar-refractivity contribution in [2.24, 2.45) is 5.73 Å². The number of amides is 3. The molecule has 0 saturated carbocycles. The summed E-state index contributed by atoms with van der Waals surface area (Å²) < 4.78 is 5.47. The Balaban J connectivity index is 1.88. The van der Waals surface area contributed by atoms with Gasteiger partial charge in [0.2, 0.25) is 5.91 Å². The highest BCUT2D eigenvalue weighted by molar-refractivity contribution is 5.93. The van der Waals surface area contributed by atoms with Gasteiger partial charge in [-0.05, 0) is 18.2 Å². The minimum absolute atomic E-state index is 0.101. The minimum Gasteiger partial charge on any atom is -0.375 e. The topological polar surface area (TPSA) is 105 Å². The summed E-state index contributed by atoms with van der Waals surface area (Å²) in [6.45, 7) is 2.12. The molecule has 3 amide bonds. The largest absolute Gasteiger partial charge is 0.375 e. The number of nitrogens with two attached hydrogens (primary N) is 1. The van der Waals surface area contributed by atoms with E-state index in [1.807, 2.05) is 0 Å². The van der Waals surface area contributed by atoms with E-state index in [9.17, 15) is 9.59 Å². The standard InChI is InChI=1S/C13H18N4O3/c14-13(19)17-10-3-1-2-9(6-10)16-12(18)7-11-8-15-4-5-20-11/h1-3,6,11,15H,4-5,7-8H2,(H,16,18)(H3,14,17,19). The smallest absolute Gasteiger partial charge is 0.316 e. The van der Waals surface area contributed by atoms with Crippen LogP contribution >= 0.6 is 0 Å². The summed E-state index contributed by atoms with van der Waals surface area (Å²) in [4.78, 5) is 22.6. The Kier molecular flexibility index (Phi) is 4.91. The summed E-state index contributed by atoms with van der Waals surface area (Å²) in [7, 11) is 0. The van der Waals surface area contributed by atoms with Gasteiger partial charge in [0.05, 0.1) is 19.1 Å². The quantitative estimate of drug-likeness (QED) is 0.643. The number of carbonyl (C=O) groups excluding carboxylic acids is 2. The predicted molar refractivity (Wildman–Crippen MR) is 75.5 cm³/mol. The van der Waals surface area contributed by atoms with E-state index in [0.29, 0.717) is 30.9 Å². The van der Waals surface area contributed by atoms with E-state index in [1.54, 1.807) is 24.3 Å². The van der Waals surface area contributed by atoms with E-state index >= 15 is 0 Å². The van der Waals surface area contributed by atoms with Crippen molar-refractivity contribution in [3.63, 3.8) is 0 Å². The molecule has 5 N–H and O–H groups in total. The number of urea groups is 1. The first kappa shape index (κ1) is 14.3. The lowest BCUT2D eigenvalue weighted by molar-refractivity contribution is -0.119. The summed E-state index contributed by atoms with van der Waals surface area (Å²) >= 11 is 0. The van der Waals surface area contributed by atoms with Crippen LogP contribution in [0, 0.1) is 0 Å². The molecular weight excluding hydrogens is 260 g/mol. The number of carbonyl (C=O) groups is 2. The molecule has 20 heavy (non-hydrogen) atoms. The molecule has 7 heteroatoms. The van der Waals surface area contributed by atoms with Crippen LogP contribution in [0.4, 0.5) is 16.2 Å². The zero-order chi connectivity index (χ0) is 14.4. The van der Waals surface area contributed by atoms with Crippen LogP contribution in [0.5, 0.6) is 0 Å². The lowest BCUT2D eigenvalue weighted by Gasteiger charge is -2.23. The fraction of sp³-hybridized carbons (Fsp3) is 0.385. The third-order valence-electron chi connectivity index (χ3n) is 2.83. The molecule has 0 aliphatic carbocycles. The molecule has 108 valence electrons. The van der Waals surface area contributed by atoms with Gasteiger partial charge in [-0.25, -0.2) is 4.79 Å². The second-order valence-corrected chi connectivity index (χ2v) is 4.52. The lowest BCUT2D eigenvalue weighted by Crippen LogP contribution is -2.40. The Hall–Kier alpha value is -2.12. The Morgan fingerprint density at radius 1 is 1.35 bits per heavy atom. The molecule has 0 radical (unpaired) electrons. The number of ether oxygens (including phenoxy) is 1. The van der Waals surface area contributed by atoms with E-state index in [1.165, 1.54) is 0 Å². The summed E-state index contributed by atoms with van der Waals surface area (Å²) in [5.74, 6) is -0.130. The van der Waals surface area contributed by atoms with Gasteiger partial charge in [0.1, 0.15) is 0 Å². The number of anilines is 2. The normalized spacial score (nSPS) is 18.3. The average molecular weight is 278 g/mol. The van der Waals surface area contributed by atoms with E-state index in [4.69, 9.17) is 10.5 Å². The second kappa shape index (κ2) is 6.88. The molecular formula is C13H18N4O3. The maximum atomic E-state index is 11.9. The van der Waals surface area contributed by atoms with Crippen molar-refractivity contribution in [1.82, 2.24) is 5.32 Å². The Labute approximate surface area is 116 Å². The van der Waals surface area contributed by atoms with Gasteiger partial charge < -0.3 is 26.4 Å². The van der Waals surface area contributed by atoms with Crippen molar-refractivity contribution in [2.75, 3.05) is 30.3 Å². The molecule has 2 rings (SSSR count). The maximum Gasteiger partial charge on any atom is 0.316 e. The van der Waals surface area contributed by atoms with Crippen molar-refractivity contribution in [3.05, 3.63) is 24.3 Å². The fourth-order valence-corrected chi connectivity index (χ4v) is 1.99. The molecule has 1 unspecified atom stereocenters. The van der Waals surface area contributed by atoms with Gasteiger partial charge in [-0.3, -0.25) is 4.79 Å². The van der Waals surface area contributed by atoms with Gasteiger partial charge in [0, 0.05) is 24.5 Å². The van der Waals surface area contributed by atoms with Crippen LogP contribution in [0.3, 0.4) is 0 Å². The van der Waals surface area contributed by atoms with Crippen molar-refractivity contribution in [2.45, 2.75) is 12.5 Å². The van der Waals surface area contributed by atoms with Crippen molar-refractivity contribution in [1.29, 1.82) is 0 Å². The van der Waals surface area contributed by atoms with Crippen LogP contribution < -0.4 is 21.7 Å². The summed E-state index contributed by atoms with van der Waals surface area (Å²) in [5.41, 5.74) is 6.17. The molecule has 1 aliphatic heterocycles. The van der Waals surface area contributed by atoms with Gasteiger partial charge in [-0.1, -0.05) is 6.07 Å². The highest BCUT2D eigenvalue weighted by Crippen LogP contribution is 2.15.